The van der Waals surface area contributed by atoms with Crippen LogP contribution in [0.15, 0.2) is 60.0 Å². The number of benzene rings is 2. The summed E-state index contributed by atoms with van der Waals surface area (Å²) in [5.74, 6) is -0.779. The number of rotatable bonds is 6. The van der Waals surface area contributed by atoms with E-state index >= 15 is 0 Å². The van der Waals surface area contributed by atoms with Crippen molar-refractivity contribution in [2.75, 3.05) is 6.54 Å². The van der Waals surface area contributed by atoms with Crippen molar-refractivity contribution in [1.82, 2.24) is 9.88 Å². The summed E-state index contributed by atoms with van der Waals surface area (Å²) in [6.45, 7) is 4.55. The fourth-order valence-corrected chi connectivity index (χ4v) is 4.45. The number of esters is 1. The Kier molecular flexibility index (Phi) is 5.95. The third kappa shape index (κ3) is 4.44. The molecule has 154 valence electrons. The third-order valence-electron chi connectivity index (χ3n) is 5.45. The van der Waals surface area contributed by atoms with E-state index in [0.717, 1.165) is 21.8 Å². The van der Waals surface area contributed by atoms with Crippen LogP contribution in [0.4, 0.5) is 0 Å². The van der Waals surface area contributed by atoms with Gasteiger partial charge in [-0.25, -0.2) is 4.98 Å². The molecule has 2 atom stereocenters. The molecule has 1 saturated heterocycles. The van der Waals surface area contributed by atoms with Crippen molar-refractivity contribution in [2.45, 2.75) is 32.9 Å². The highest BCUT2D eigenvalue weighted by molar-refractivity contribution is 7.13. The van der Waals surface area contributed by atoms with Crippen LogP contribution in [-0.2, 0) is 20.9 Å². The van der Waals surface area contributed by atoms with E-state index in [1.54, 1.807) is 4.90 Å². The second-order valence-corrected chi connectivity index (χ2v) is 8.51. The molecule has 1 aliphatic heterocycles. The third-order valence-corrected chi connectivity index (χ3v) is 6.39. The van der Waals surface area contributed by atoms with Gasteiger partial charge in [0.25, 0.3) is 0 Å². The van der Waals surface area contributed by atoms with E-state index < -0.39 is 5.92 Å². The first kappa shape index (κ1) is 20.3. The van der Waals surface area contributed by atoms with Crippen LogP contribution in [0.3, 0.4) is 0 Å². The van der Waals surface area contributed by atoms with Crippen LogP contribution >= 0.6 is 11.3 Å². The highest BCUT2D eigenvalue weighted by Gasteiger charge is 2.37. The predicted octanol–water partition coefficient (Wildman–Crippen LogP) is 4.77. The van der Waals surface area contributed by atoms with Gasteiger partial charge in [0.05, 0.1) is 17.7 Å². The van der Waals surface area contributed by atoms with Crippen LogP contribution < -0.4 is 0 Å². The molecule has 4 rings (SSSR count). The Labute approximate surface area is 180 Å². The predicted molar refractivity (Wildman–Crippen MR) is 117 cm³/mol. The molecule has 2 heterocycles. The fraction of sp³-hybridized carbons (Fsp3) is 0.292. The highest BCUT2D eigenvalue weighted by Crippen LogP contribution is 2.29. The monoisotopic (exact) mass is 420 g/mol. The van der Waals surface area contributed by atoms with Gasteiger partial charge >= 0.3 is 5.97 Å². The molecule has 5 nitrogen and oxygen atoms in total. The number of ether oxygens (including phenoxy) is 1. The van der Waals surface area contributed by atoms with E-state index in [1.807, 2.05) is 61.7 Å². The zero-order chi connectivity index (χ0) is 21.1. The number of thiazole rings is 1. The largest absolute Gasteiger partial charge is 0.459 e. The molecule has 0 aliphatic carbocycles. The zero-order valence-electron chi connectivity index (χ0n) is 17.1. The van der Waals surface area contributed by atoms with Crippen LogP contribution in [0, 0.1) is 12.8 Å². The van der Waals surface area contributed by atoms with Crippen molar-refractivity contribution in [3.8, 4) is 10.6 Å². The van der Waals surface area contributed by atoms with Crippen molar-refractivity contribution >= 4 is 23.2 Å². The molecule has 0 bridgehead atoms. The van der Waals surface area contributed by atoms with Crippen molar-refractivity contribution in [1.29, 1.82) is 0 Å². The summed E-state index contributed by atoms with van der Waals surface area (Å²) in [4.78, 5) is 31.4. The summed E-state index contributed by atoms with van der Waals surface area (Å²) >= 11 is 1.53. The van der Waals surface area contributed by atoms with Crippen LogP contribution in [0.25, 0.3) is 10.6 Å². The molecule has 1 aromatic heterocycles. The minimum absolute atomic E-state index is 0.0105. The first-order valence-corrected chi connectivity index (χ1v) is 10.9. The maximum absolute atomic E-state index is 12.6. The van der Waals surface area contributed by atoms with Crippen LogP contribution in [0.5, 0.6) is 0 Å². The average Bonchev–Trinajstić information content (AvgIpc) is 3.39. The fourth-order valence-electron chi connectivity index (χ4n) is 3.64. The Balaban J connectivity index is 1.34. The molecular formula is C24H24N2O3S. The number of carbonyl (C=O) groups is 2. The Morgan fingerprint density at radius 1 is 1.20 bits per heavy atom. The Morgan fingerprint density at radius 3 is 2.67 bits per heavy atom. The van der Waals surface area contributed by atoms with Gasteiger partial charge < -0.3 is 9.64 Å². The van der Waals surface area contributed by atoms with Gasteiger partial charge in [0.15, 0.2) is 0 Å². The normalized spacial score (nSPS) is 17.2. The molecule has 0 spiro atoms. The smallest absolute Gasteiger partial charge is 0.311 e. The SMILES string of the molecule is Cc1ccc(-c2nc(COC(=O)[C@@H]3CC(=O)N([C@@H](C)c4ccccc4)C3)cs2)cc1. The van der Waals surface area contributed by atoms with E-state index in [0.29, 0.717) is 6.54 Å². The quantitative estimate of drug-likeness (QED) is 0.539. The summed E-state index contributed by atoms with van der Waals surface area (Å²) in [6, 6.07) is 18.0. The number of aromatic nitrogens is 1. The summed E-state index contributed by atoms with van der Waals surface area (Å²) in [5, 5.41) is 2.81. The summed E-state index contributed by atoms with van der Waals surface area (Å²) in [5.41, 5.74) is 4.04. The maximum Gasteiger partial charge on any atom is 0.311 e. The molecule has 1 fully saturated rings. The van der Waals surface area contributed by atoms with E-state index in [4.69, 9.17) is 4.74 Å². The highest BCUT2D eigenvalue weighted by atomic mass is 32.1. The van der Waals surface area contributed by atoms with Gasteiger partial charge in [0.1, 0.15) is 11.6 Å². The molecule has 1 aliphatic rings. The molecule has 0 unspecified atom stereocenters. The number of amides is 1. The van der Waals surface area contributed by atoms with Gasteiger partial charge in [-0.3, -0.25) is 9.59 Å². The first-order chi connectivity index (χ1) is 14.5. The molecule has 0 radical (unpaired) electrons. The van der Waals surface area contributed by atoms with E-state index in [9.17, 15) is 9.59 Å². The van der Waals surface area contributed by atoms with Crippen LogP contribution in [-0.4, -0.2) is 28.3 Å². The number of aryl methyl sites for hydroxylation is 1. The van der Waals surface area contributed by atoms with Gasteiger partial charge in [-0.1, -0.05) is 60.2 Å². The van der Waals surface area contributed by atoms with Gasteiger partial charge in [-0.2, -0.15) is 0 Å². The van der Waals surface area contributed by atoms with Gasteiger partial charge in [-0.05, 0) is 19.4 Å². The summed E-state index contributed by atoms with van der Waals surface area (Å²) in [6.07, 6.45) is 0.196. The van der Waals surface area contributed by atoms with Crippen molar-refractivity contribution < 1.29 is 14.3 Å². The average molecular weight is 421 g/mol. The standard InChI is InChI=1S/C24H24N2O3S/c1-16-8-10-19(11-9-16)23-25-21(15-30-23)14-29-24(28)20-12-22(27)26(13-20)17(2)18-6-4-3-5-7-18/h3-11,15,17,20H,12-14H2,1-2H3/t17-,20+/m0/s1. The van der Waals surface area contributed by atoms with Gasteiger partial charge in [0, 0.05) is 23.9 Å². The van der Waals surface area contributed by atoms with Gasteiger partial charge in [0.2, 0.25) is 5.91 Å². The number of hydrogen-bond donors (Lipinski definition) is 0. The first-order valence-electron chi connectivity index (χ1n) is 10.0. The molecule has 30 heavy (non-hydrogen) atoms. The maximum atomic E-state index is 12.6. The van der Waals surface area contributed by atoms with Crippen molar-refractivity contribution in [2.24, 2.45) is 5.92 Å². The lowest BCUT2D eigenvalue weighted by Crippen LogP contribution is -2.29. The summed E-state index contributed by atoms with van der Waals surface area (Å²) in [7, 11) is 0. The molecule has 0 saturated carbocycles. The lowest BCUT2D eigenvalue weighted by atomic mass is 10.1. The topological polar surface area (TPSA) is 59.5 Å². The molecule has 3 aromatic rings. The number of nitrogens with zero attached hydrogens (tertiary/aromatic N) is 2. The molecule has 0 N–H and O–H groups in total. The van der Waals surface area contributed by atoms with E-state index in [1.165, 1.54) is 16.9 Å². The molecule has 2 aromatic carbocycles. The Bertz CT molecular complexity index is 1030. The van der Waals surface area contributed by atoms with Crippen LogP contribution in [0.1, 0.15) is 36.2 Å². The van der Waals surface area contributed by atoms with Crippen molar-refractivity contribution in [3.63, 3.8) is 0 Å². The number of hydrogen-bond acceptors (Lipinski definition) is 5. The lowest BCUT2D eigenvalue weighted by Gasteiger charge is -2.25. The van der Waals surface area contributed by atoms with E-state index in [2.05, 4.69) is 17.1 Å². The number of likely N-dealkylation sites (tertiary alicyclic amines) is 1. The summed E-state index contributed by atoms with van der Waals surface area (Å²) < 4.78 is 5.49. The molecular weight excluding hydrogens is 396 g/mol. The Hall–Kier alpha value is -2.99. The molecule has 6 heteroatoms. The minimum atomic E-state index is -0.432. The minimum Gasteiger partial charge on any atom is -0.459 e. The zero-order valence-corrected chi connectivity index (χ0v) is 17.9. The Morgan fingerprint density at radius 2 is 1.93 bits per heavy atom. The van der Waals surface area contributed by atoms with E-state index in [-0.39, 0.29) is 30.9 Å². The van der Waals surface area contributed by atoms with Crippen LogP contribution in [0.2, 0.25) is 0 Å². The second kappa shape index (κ2) is 8.79. The lowest BCUT2D eigenvalue weighted by molar-refractivity contribution is -0.149. The van der Waals surface area contributed by atoms with Gasteiger partial charge in [-0.15, -0.1) is 11.3 Å². The van der Waals surface area contributed by atoms with Crippen molar-refractivity contribution in [3.05, 3.63) is 76.8 Å². The number of carbonyl (C=O) groups excluding carboxylic acids is 2. The second-order valence-electron chi connectivity index (χ2n) is 7.65. The molecule has 1 amide bonds.